The molecule has 2 N–H and O–H groups in total. The molecule has 0 spiro atoms. The van der Waals surface area contributed by atoms with E-state index in [4.69, 9.17) is 23.2 Å². The van der Waals surface area contributed by atoms with Crippen molar-refractivity contribution in [1.29, 1.82) is 5.26 Å². The van der Waals surface area contributed by atoms with Crippen molar-refractivity contribution in [2.45, 2.75) is 51.2 Å². The van der Waals surface area contributed by atoms with Gasteiger partial charge in [-0.1, -0.05) is 40.5 Å². The van der Waals surface area contributed by atoms with Gasteiger partial charge in [0.1, 0.15) is 17.6 Å². The first-order valence-corrected chi connectivity index (χ1v) is 15.4. The van der Waals surface area contributed by atoms with Crippen molar-refractivity contribution in [1.82, 2.24) is 29.9 Å². The number of piperidine rings is 1. The van der Waals surface area contributed by atoms with Crippen molar-refractivity contribution in [3.05, 3.63) is 99.9 Å². The molecule has 9 nitrogen and oxygen atoms in total. The van der Waals surface area contributed by atoms with Crippen LogP contribution in [0.5, 0.6) is 0 Å². The van der Waals surface area contributed by atoms with E-state index in [-0.39, 0.29) is 17.1 Å². The molecule has 0 amide bonds. The number of hydrogen-bond acceptors (Lipinski definition) is 8. The van der Waals surface area contributed by atoms with Gasteiger partial charge in [0, 0.05) is 47.0 Å². The molecule has 1 saturated heterocycles. The molecule has 1 atom stereocenters. The van der Waals surface area contributed by atoms with E-state index >= 15 is 0 Å². The normalized spacial score (nSPS) is 15.1. The third-order valence-electron chi connectivity index (χ3n) is 8.14. The van der Waals surface area contributed by atoms with Gasteiger partial charge in [0.2, 0.25) is 0 Å². The Morgan fingerprint density at radius 2 is 1.78 bits per heavy atom. The summed E-state index contributed by atoms with van der Waals surface area (Å²) in [6.45, 7) is 8.74. The number of nitriles is 1. The SMILES string of the molecule is CC(C)(C)N1CCC(n2cc([C@@H](Nc3cc(Cl)c4ncc(C#N)c(Nc5cncc(F)c5)c4c3)c3ccc(Cl)cc3)nn2)CC1. The summed E-state index contributed by atoms with van der Waals surface area (Å²) in [5, 5.41) is 27.3. The van der Waals surface area contributed by atoms with E-state index in [9.17, 15) is 9.65 Å². The smallest absolute Gasteiger partial charge is 0.143 e. The molecule has 12 heteroatoms. The minimum Gasteiger partial charge on any atom is -0.373 e. The molecule has 2 aromatic carbocycles. The number of nitrogens with zero attached hydrogens (tertiary/aromatic N) is 7. The van der Waals surface area contributed by atoms with Crippen LogP contribution in [0.1, 0.15) is 62.5 Å². The Kier molecular flexibility index (Phi) is 8.60. The maximum atomic E-state index is 13.9. The summed E-state index contributed by atoms with van der Waals surface area (Å²) in [6.07, 6.45) is 8.02. The second-order valence-corrected chi connectivity index (χ2v) is 13.0. The van der Waals surface area contributed by atoms with E-state index in [1.54, 1.807) is 6.07 Å². The van der Waals surface area contributed by atoms with E-state index in [0.717, 1.165) is 43.4 Å². The standard InChI is InChI=1S/C33H32Cl2FN9/c1-33(2,3)44-10-8-26(9-11-44)45-19-29(42-43-45)31(20-4-6-22(34)7-5-20)40-24-13-27-30(41-25-12-23(36)17-38-18-25)21(15-37)16-39-32(27)28(35)14-24/h4-7,12-14,16-19,26,31,40H,8-11H2,1-3H3,(H,39,41)/t31-/m0/s1. The quantitative estimate of drug-likeness (QED) is 0.184. The predicted octanol–water partition coefficient (Wildman–Crippen LogP) is 7.92. The molecule has 230 valence electrons. The highest BCUT2D eigenvalue weighted by atomic mass is 35.5. The first kappa shape index (κ1) is 30.7. The lowest BCUT2D eigenvalue weighted by atomic mass is 9.98. The van der Waals surface area contributed by atoms with Crippen molar-refractivity contribution in [3.63, 3.8) is 0 Å². The average molecular weight is 645 g/mol. The van der Waals surface area contributed by atoms with E-state index in [0.29, 0.717) is 38.0 Å². The molecular weight excluding hydrogens is 612 g/mol. The summed E-state index contributed by atoms with van der Waals surface area (Å²) in [7, 11) is 0. The van der Waals surface area contributed by atoms with Gasteiger partial charge < -0.3 is 10.6 Å². The molecule has 0 bridgehead atoms. The van der Waals surface area contributed by atoms with Gasteiger partial charge in [0.05, 0.1) is 58.2 Å². The summed E-state index contributed by atoms with van der Waals surface area (Å²) >= 11 is 13.0. The molecule has 5 aromatic rings. The Morgan fingerprint density at radius 1 is 1.02 bits per heavy atom. The second kappa shape index (κ2) is 12.6. The largest absolute Gasteiger partial charge is 0.373 e. The molecule has 0 radical (unpaired) electrons. The highest BCUT2D eigenvalue weighted by Gasteiger charge is 2.29. The zero-order chi connectivity index (χ0) is 31.7. The summed E-state index contributed by atoms with van der Waals surface area (Å²) in [5.74, 6) is -0.504. The topological polar surface area (TPSA) is 108 Å². The minimum absolute atomic E-state index is 0.135. The zero-order valence-electron chi connectivity index (χ0n) is 25.1. The van der Waals surface area contributed by atoms with E-state index in [1.807, 2.05) is 41.2 Å². The number of likely N-dealkylation sites (tertiary alicyclic amines) is 1. The third-order valence-corrected chi connectivity index (χ3v) is 8.68. The maximum absolute atomic E-state index is 13.9. The third kappa shape index (κ3) is 6.71. The number of aromatic nitrogens is 5. The van der Waals surface area contributed by atoms with Crippen LogP contribution in [0.4, 0.5) is 21.5 Å². The van der Waals surface area contributed by atoms with Crippen molar-refractivity contribution < 1.29 is 4.39 Å². The zero-order valence-corrected chi connectivity index (χ0v) is 26.6. The first-order valence-electron chi connectivity index (χ1n) is 14.7. The highest BCUT2D eigenvalue weighted by molar-refractivity contribution is 6.36. The van der Waals surface area contributed by atoms with Gasteiger partial charge in [-0.25, -0.2) is 9.07 Å². The summed E-state index contributed by atoms with van der Waals surface area (Å²) in [6, 6.07) is 14.5. The highest BCUT2D eigenvalue weighted by Crippen LogP contribution is 2.37. The lowest BCUT2D eigenvalue weighted by molar-refractivity contribution is 0.0866. The van der Waals surface area contributed by atoms with Crippen molar-refractivity contribution in [3.8, 4) is 6.07 Å². The summed E-state index contributed by atoms with van der Waals surface area (Å²) < 4.78 is 15.9. The number of fused-ring (bicyclic) bond motifs is 1. The molecule has 1 aliphatic heterocycles. The molecule has 1 fully saturated rings. The Bertz CT molecular complexity index is 1870. The number of halogens is 3. The average Bonchev–Trinajstić information content (AvgIpc) is 3.51. The fourth-order valence-electron chi connectivity index (χ4n) is 5.74. The Hall–Kier alpha value is -4.30. The number of benzene rings is 2. The van der Waals surface area contributed by atoms with E-state index in [1.165, 1.54) is 18.5 Å². The molecule has 3 aromatic heterocycles. The minimum atomic E-state index is -0.504. The Balaban J connectivity index is 1.36. The van der Waals surface area contributed by atoms with Crippen LogP contribution in [-0.2, 0) is 0 Å². The van der Waals surface area contributed by atoms with Crippen LogP contribution in [0.25, 0.3) is 10.9 Å². The van der Waals surface area contributed by atoms with Gasteiger partial charge in [-0.15, -0.1) is 5.10 Å². The number of anilines is 3. The molecular formula is C33H32Cl2FN9. The molecule has 45 heavy (non-hydrogen) atoms. The van der Waals surface area contributed by atoms with Crippen LogP contribution in [0.3, 0.4) is 0 Å². The van der Waals surface area contributed by atoms with Gasteiger partial charge in [-0.05, 0) is 63.4 Å². The summed E-state index contributed by atoms with van der Waals surface area (Å²) in [4.78, 5) is 10.9. The van der Waals surface area contributed by atoms with Crippen molar-refractivity contribution in [2.75, 3.05) is 23.7 Å². The van der Waals surface area contributed by atoms with Crippen LogP contribution < -0.4 is 10.6 Å². The fraction of sp³-hybridized carbons (Fsp3) is 0.303. The fourth-order valence-corrected chi connectivity index (χ4v) is 6.13. The lowest BCUT2D eigenvalue weighted by Gasteiger charge is -2.40. The molecule has 1 aliphatic rings. The lowest BCUT2D eigenvalue weighted by Crippen LogP contribution is -2.46. The van der Waals surface area contributed by atoms with Crippen molar-refractivity contribution >= 4 is 51.2 Å². The molecule has 0 aliphatic carbocycles. The van der Waals surface area contributed by atoms with Crippen LogP contribution in [0, 0.1) is 17.1 Å². The first-order chi connectivity index (χ1) is 21.6. The van der Waals surface area contributed by atoms with Gasteiger partial charge >= 0.3 is 0 Å². The van der Waals surface area contributed by atoms with Crippen LogP contribution in [-0.4, -0.2) is 48.5 Å². The van der Waals surface area contributed by atoms with Gasteiger partial charge in [-0.2, -0.15) is 5.26 Å². The number of pyridine rings is 2. The Morgan fingerprint density at radius 3 is 2.47 bits per heavy atom. The van der Waals surface area contributed by atoms with Crippen molar-refractivity contribution in [2.24, 2.45) is 0 Å². The van der Waals surface area contributed by atoms with Crippen LogP contribution in [0.15, 0.2) is 67.3 Å². The summed E-state index contributed by atoms with van der Waals surface area (Å²) in [5.41, 5.74) is 4.05. The van der Waals surface area contributed by atoms with E-state index < -0.39 is 11.9 Å². The molecule has 6 rings (SSSR count). The Labute approximate surface area is 271 Å². The predicted molar refractivity (Wildman–Crippen MR) is 175 cm³/mol. The number of rotatable bonds is 7. The van der Waals surface area contributed by atoms with Crippen LogP contribution >= 0.6 is 23.2 Å². The van der Waals surface area contributed by atoms with Gasteiger partial charge in [-0.3, -0.25) is 14.9 Å². The number of nitrogens with one attached hydrogen (secondary N) is 2. The maximum Gasteiger partial charge on any atom is 0.143 e. The number of hydrogen-bond donors (Lipinski definition) is 2. The molecule has 4 heterocycles. The van der Waals surface area contributed by atoms with E-state index in [2.05, 4.69) is 62.7 Å². The molecule has 0 unspecified atom stereocenters. The second-order valence-electron chi connectivity index (χ2n) is 12.2. The van der Waals surface area contributed by atoms with Gasteiger partial charge in [0.25, 0.3) is 0 Å². The monoisotopic (exact) mass is 643 g/mol. The molecule has 0 saturated carbocycles. The van der Waals surface area contributed by atoms with Crippen LogP contribution in [0.2, 0.25) is 10.0 Å². The van der Waals surface area contributed by atoms with Gasteiger partial charge in [0.15, 0.2) is 0 Å².